The summed E-state index contributed by atoms with van der Waals surface area (Å²) in [6.45, 7) is 0. The maximum absolute atomic E-state index is 12.3. The summed E-state index contributed by atoms with van der Waals surface area (Å²) in [4.78, 5) is 0. The molecule has 0 fully saturated rings. The van der Waals surface area contributed by atoms with Crippen LogP contribution in [0.5, 0.6) is 0 Å². The summed E-state index contributed by atoms with van der Waals surface area (Å²) in [7, 11) is 0. The second-order valence-electron chi connectivity index (χ2n) is 3.13. The fourth-order valence-electron chi connectivity index (χ4n) is 1.11. The Morgan fingerprint density at radius 1 is 1.12 bits per heavy atom. The van der Waals surface area contributed by atoms with E-state index < -0.39 is 24.2 Å². The third-order valence-electron chi connectivity index (χ3n) is 1.90. The number of rotatable bonds is 2. The Kier molecular flexibility index (Phi) is 5.64. The Balaban J connectivity index is 0.00000256. The predicted molar refractivity (Wildman–Crippen MR) is 56.6 cm³/mol. The van der Waals surface area contributed by atoms with Crippen LogP contribution in [0.1, 0.15) is 17.2 Å². The zero-order chi connectivity index (χ0) is 12.5. The monoisotopic (exact) mass is 295 g/mol. The molecule has 0 saturated heterocycles. The first-order valence-electron chi connectivity index (χ1n) is 4.13. The van der Waals surface area contributed by atoms with Gasteiger partial charge < -0.3 is 5.73 Å². The van der Waals surface area contributed by atoms with E-state index in [1.54, 1.807) is 0 Å². The molecule has 0 saturated carbocycles. The van der Waals surface area contributed by atoms with Gasteiger partial charge in [0.15, 0.2) is 0 Å². The molecular formula is C9H8Cl2F5N. The molecule has 8 heteroatoms. The molecule has 0 radical (unpaired) electrons. The minimum Gasteiger partial charge on any atom is -0.319 e. The maximum Gasteiger partial charge on any atom is 0.416 e. The van der Waals surface area contributed by atoms with Gasteiger partial charge in [-0.05, 0) is 23.8 Å². The van der Waals surface area contributed by atoms with Crippen molar-refractivity contribution in [2.75, 3.05) is 0 Å². The van der Waals surface area contributed by atoms with Crippen molar-refractivity contribution < 1.29 is 22.0 Å². The Morgan fingerprint density at radius 3 is 2.06 bits per heavy atom. The number of hydrogen-bond donors (Lipinski definition) is 1. The summed E-state index contributed by atoms with van der Waals surface area (Å²) in [5.74, 6) is 0. The van der Waals surface area contributed by atoms with Crippen molar-refractivity contribution in [1.82, 2.24) is 0 Å². The second kappa shape index (κ2) is 5.84. The van der Waals surface area contributed by atoms with Crippen molar-refractivity contribution in [2.45, 2.75) is 18.6 Å². The lowest BCUT2D eigenvalue weighted by Crippen LogP contribution is -2.19. The van der Waals surface area contributed by atoms with Crippen molar-refractivity contribution in [3.8, 4) is 0 Å². The van der Waals surface area contributed by atoms with Crippen LogP contribution in [-0.2, 0) is 6.18 Å². The van der Waals surface area contributed by atoms with Crippen LogP contribution < -0.4 is 5.73 Å². The van der Waals surface area contributed by atoms with Crippen molar-refractivity contribution in [3.63, 3.8) is 0 Å². The molecule has 1 atom stereocenters. The van der Waals surface area contributed by atoms with E-state index in [1.165, 1.54) is 0 Å². The Morgan fingerprint density at radius 2 is 1.65 bits per heavy atom. The van der Waals surface area contributed by atoms with Crippen LogP contribution in [0.3, 0.4) is 0 Å². The van der Waals surface area contributed by atoms with E-state index in [1.807, 2.05) is 0 Å². The highest BCUT2D eigenvalue weighted by molar-refractivity contribution is 6.30. The van der Waals surface area contributed by atoms with Gasteiger partial charge in [-0.3, -0.25) is 0 Å². The fraction of sp³-hybridized carbons (Fsp3) is 0.333. The van der Waals surface area contributed by atoms with E-state index in [-0.39, 0.29) is 23.0 Å². The third kappa shape index (κ3) is 4.29. The topological polar surface area (TPSA) is 26.0 Å². The van der Waals surface area contributed by atoms with Gasteiger partial charge in [-0.2, -0.15) is 13.2 Å². The molecule has 0 aliphatic carbocycles. The van der Waals surface area contributed by atoms with Gasteiger partial charge in [0.05, 0.1) is 11.6 Å². The standard InChI is InChI=1S/C9H7ClF5N.ClH/c10-6-2-4(7(16)8(11)12)1-5(3-6)9(13,14)15;/h1-3,7-8H,16H2;1H/t7-;/m0./s1. The molecule has 0 aliphatic rings. The third-order valence-corrected chi connectivity index (χ3v) is 2.12. The van der Waals surface area contributed by atoms with Gasteiger partial charge in [0.2, 0.25) is 0 Å². The number of benzene rings is 1. The molecule has 1 nitrogen and oxygen atoms in total. The number of hydrogen-bond acceptors (Lipinski definition) is 1. The summed E-state index contributed by atoms with van der Waals surface area (Å²) in [5, 5.41) is -0.277. The van der Waals surface area contributed by atoms with Gasteiger partial charge in [0.25, 0.3) is 6.43 Å². The first-order valence-corrected chi connectivity index (χ1v) is 4.51. The molecule has 0 heterocycles. The zero-order valence-electron chi connectivity index (χ0n) is 8.14. The number of nitrogens with two attached hydrogens (primary N) is 1. The fourth-order valence-corrected chi connectivity index (χ4v) is 1.36. The second-order valence-corrected chi connectivity index (χ2v) is 3.57. The molecule has 17 heavy (non-hydrogen) atoms. The Hall–Kier alpha value is -0.590. The normalized spacial score (nSPS) is 13.4. The van der Waals surface area contributed by atoms with E-state index in [0.717, 1.165) is 6.07 Å². The van der Waals surface area contributed by atoms with Gasteiger partial charge in [-0.15, -0.1) is 12.4 Å². The van der Waals surface area contributed by atoms with Crippen molar-refractivity contribution in [3.05, 3.63) is 34.3 Å². The smallest absolute Gasteiger partial charge is 0.319 e. The van der Waals surface area contributed by atoms with E-state index >= 15 is 0 Å². The molecule has 1 aromatic carbocycles. The molecular weight excluding hydrogens is 288 g/mol. The first kappa shape index (κ1) is 16.4. The largest absolute Gasteiger partial charge is 0.416 e. The summed E-state index contributed by atoms with van der Waals surface area (Å²) < 4.78 is 61.4. The lowest BCUT2D eigenvalue weighted by atomic mass is 10.0. The van der Waals surface area contributed by atoms with E-state index in [2.05, 4.69) is 0 Å². The molecule has 1 rings (SSSR count). The highest BCUT2D eigenvalue weighted by Gasteiger charge is 2.32. The summed E-state index contributed by atoms with van der Waals surface area (Å²) in [6.07, 6.45) is -7.58. The van der Waals surface area contributed by atoms with Gasteiger partial charge in [-0.1, -0.05) is 11.6 Å². The van der Waals surface area contributed by atoms with Crippen LogP contribution in [0.4, 0.5) is 22.0 Å². The minimum absolute atomic E-state index is 0. The van der Waals surface area contributed by atoms with Crippen LogP contribution >= 0.6 is 24.0 Å². The zero-order valence-corrected chi connectivity index (χ0v) is 9.71. The maximum atomic E-state index is 12.3. The molecule has 0 spiro atoms. The van der Waals surface area contributed by atoms with E-state index in [4.69, 9.17) is 17.3 Å². The van der Waals surface area contributed by atoms with Crippen molar-refractivity contribution in [2.24, 2.45) is 5.73 Å². The SMILES string of the molecule is Cl.N[C@@H](c1cc(Cl)cc(C(F)(F)F)c1)C(F)F. The number of halogens is 7. The average Bonchev–Trinajstić information content (AvgIpc) is 2.14. The van der Waals surface area contributed by atoms with Crippen molar-refractivity contribution >= 4 is 24.0 Å². The molecule has 1 aromatic rings. The molecule has 0 aromatic heterocycles. The first-order chi connectivity index (χ1) is 7.21. The predicted octanol–water partition coefficient (Wildman–Crippen LogP) is 4.05. The number of alkyl halides is 5. The quantitative estimate of drug-likeness (QED) is 0.819. The molecule has 0 unspecified atom stereocenters. The summed E-state index contributed by atoms with van der Waals surface area (Å²) >= 11 is 5.40. The van der Waals surface area contributed by atoms with Gasteiger partial charge >= 0.3 is 6.18 Å². The molecule has 0 bridgehead atoms. The molecule has 2 N–H and O–H groups in total. The highest BCUT2D eigenvalue weighted by atomic mass is 35.5. The lowest BCUT2D eigenvalue weighted by Gasteiger charge is -2.14. The Labute approximate surface area is 105 Å². The molecule has 98 valence electrons. The van der Waals surface area contributed by atoms with Gasteiger partial charge in [-0.25, -0.2) is 8.78 Å². The minimum atomic E-state index is -4.64. The highest BCUT2D eigenvalue weighted by Crippen LogP contribution is 2.33. The van der Waals surface area contributed by atoms with Crippen LogP contribution in [0.15, 0.2) is 18.2 Å². The summed E-state index contributed by atoms with van der Waals surface area (Å²) in [5.41, 5.74) is 3.61. The average molecular weight is 296 g/mol. The molecule has 0 amide bonds. The molecule has 0 aliphatic heterocycles. The lowest BCUT2D eigenvalue weighted by molar-refractivity contribution is -0.137. The van der Waals surface area contributed by atoms with Crippen LogP contribution in [0, 0.1) is 0 Å². The van der Waals surface area contributed by atoms with E-state index in [9.17, 15) is 22.0 Å². The Bertz CT molecular complexity index is 380. The summed E-state index contributed by atoms with van der Waals surface area (Å²) in [6, 6.07) is 0.444. The van der Waals surface area contributed by atoms with Crippen LogP contribution in [0.25, 0.3) is 0 Å². The van der Waals surface area contributed by atoms with Gasteiger partial charge in [0, 0.05) is 5.02 Å². The van der Waals surface area contributed by atoms with E-state index in [0.29, 0.717) is 12.1 Å². The van der Waals surface area contributed by atoms with Crippen LogP contribution in [-0.4, -0.2) is 6.43 Å². The van der Waals surface area contributed by atoms with Crippen molar-refractivity contribution in [1.29, 1.82) is 0 Å². The van der Waals surface area contributed by atoms with Gasteiger partial charge in [0.1, 0.15) is 0 Å². The van der Waals surface area contributed by atoms with Crippen LogP contribution in [0.2, 0.25) is 5.02 Å².